The van der Waals surface area contributed by atoms with Gasteiger partial charge in [0.1, 0.15) is 5.69 Å². The lowest BCUT2D eigenvalue weighted by Crippen LogP contribution is -2.26. The van der Waals surface area contributed by atoms with Gasteiger partial charge in [-0.3, -0.25) is 9.48 Å². The third-order valence-electron chi connectivity index (χ3n) is 3.60. The maximum atomic E-state index is 12.2. The van der Waals surface area contributed by atoms with E-state index in [1.54, 1.807) is 29.0 Å². The Bertz CT molecular complexity index is 813. The number of aryl methyl sites for hydroxylation is 1. The fraction of sp³-hybridized carbons (Fsp3) is 0.235. The normalized spacial score (nSPS) is 10.8. The first-order valence-corrected chi connectivity index (χ1v) is 7.92. The Labute approximate surface area is 144 Å². The quantitative estimate of drug-likeness (QED) is 0.688. The zero-order chi connectivity index (χ0) is 16.9. The summed E-state index contributed by atoms with van der Waals surface area (Å²) in [5, 5.41) is 8.67. The van der Waals surface area contributed by atoms with E-state index >= 15 is 0 Å². The number of carbonyl (C=O) groups excluding carboxylic acids is 1. The molecular weight excluding hydrogens is 328 g/mol. The van der Waals surface area contributed by atoms with E-state index in [9.17, 15) is 4.79 Å². The number of hydrogen-bond acceptors (Lipinski definition) is 4. The average molecular weight is 345 g/mol. The van der Waals surface area contributed by atoms with E-state index in [4.69, 9.17) is 16.1 Å². The van der Waals surface area contributed by atoms with Crippen LogP contribution in [-0.4, -0.2) is 32.8 Å². The monoisotopic (exact) mass is 344 g/mol. The number of rotatable bonds is 6. The lowest BCUT2D eigenvalue weighted by molar-refractivity contribution is -0.130. The molecule has 0 atom stereocenters. The van der Waals surface area contributed by atoms with Crippen LogP contribution in [0.2, 0.25) is 5.02 Å². The minimum absolute atomic E-state index is 0.000663. The molecule has 0 radical (unpaired) electrons. The highest BCUT2D eigenvalue weighted by molar-refractivity contribution is 6.30. The summed E-state index contributed by atoms with van der Waals surface area (Å²) in [4.78, 5) is 13.8. The van der Waals surface area contributed by atoms with Crippen LogP contribution >= 0.6 is 11.6 Å². The van der Waals surface area contributed by atoms with E-state index in [0.29, 0.717) is 30.3 Å². The molecule has 0 aliphatic rings. The molecule has 24 heavy (non-hydrogen) atoms. The van der Waals surface area contributed by atoms with Gasteiger partial charge in [0.25, 0.3) is 0 Å². The minimum atomic E-state index is -0.000663. The number of halogens is 1. The molecule has 6 nitrogen and oxygen atoms in total. The van der Waals surface area contributed by atoms with E-state index < -0.39 is 0 Å². The molecule has 2 heterocycles. The Morgan fingerprint density at radius 3 is 2.83 bits per heavy atom. The molecular formula is C17H17ClN4O2. The molecule has 1 aromatic carbocycles. The fourth-order valence-corrected chi connectivity index (χ4v) is 2.47. The summed E-state index contributed by atoms with van der Waals surface area (Å²) in [6, 6.07) is 11.6. The van der Waals surface area contributed by atoms with E-state index in [1.165, 1.54) is 0 Å². The van der Waals surface area contributed by atoms with Crippen molar-refractivity contribution in [2.75, 3.05) is 7.05 Å². The van der Waals surface area contributed by atoms with Gasteiger partial charge < -0.3 is 9.42 Å². The molecule has 7 heteroatoms. The summed E-state index contributed by atoms with van der Waals surface area (Å²) in [5.74, 6) is 0.645. The SMILES string of the molecule is CN(Cc1cc(-c2ccccc2)no1)C(=O)CCn1cc(Cl)cn1. The summed E-state index contributed by atoms with van der Waals surface area (Å²) in [6.45, 7) is 0.861. The Balaban J connectivity index is 1.55. The van der Waals surface area contributed by atoms with Crippen LogP contribution in [0, 0.1) is 0 Å². The minimum Gasteiger partial charge on any atom is -0.359 e. The largest absolute Gasteiger partial charge is 0.359 e. The van der Waals surface area contributed by atoms with Gasteiger partial charge in [-0.25, -0.2) is 0 Å². The van der Waals surface area contributed by atoms with E-state index in [-0.39, 0.29) is 5.91 Å². The van der Waals surface area contributed by atoms with Crippen LogP contribution in [0.15, 0.2) is 53.3 Å². The third-order valence-corrected chi connectivity index (χ3v) is 3.80. The summed E-state index contributed by atoms with van der Waals surface area (Å²) in [7, 11) is 1.74. The highest BCUT2D eigenvalue weighted by Crippen LogP contribution is 2.19. The van der Waals surface area contributed by atoms with Crippen LogP contribution in [0.4, 0.5) is 0 Å². The molecule has 0 spiro atoms. The van der Waals surface area contributed by atoms with Crippen LogP contribution in [0.3, 0.4) is 0 Å². The van der Waals surface area contributed by atoms with Gasteiger partial charge in [-0.05, 0) is 0 Å². The van der Waals surface area contributed by atoms with Crippen molar-refractivity contribution < 1.29 is 9.32 Å². The molecule has 0 bridgehead atoms. The highest BCUT2D eigenvalue weighted by Gasteiger charge is 2.13. The average Bonchev–Trinajstić information content (AvgIpc) is 3.22. The van der Waals surface area contributed by atoms with Crippen molar-refractivity contribution in [3.8, 4) is 11.3 Å². The maximum absolute atomic E-state index is 12.2. The van der Waals surface area contributed by atoms with Gasteiger partial charge >= 0.3 is 0 Å². The van der Waals surface area contributed by atoms with Crippen LogP contribution in [-0.2, 0) is 17.9 Å². The van der Waals surface area contributed by atoms with Crippen LogP contribution < -0.4 is 0 Å². The van der Waals surface area contributed by atoms with Crippen molar-refractivity contribution >= 4 is 17.5 Å². The van der Waals surface area contributed by atoms with Gasteiger partial charge in [-0.15, -0.1) is 0 Å². The van der Waals surface area contributed by atoms with Crippen molar-refractivity contribution in [3.63, 3.8) is 0 Å². The molecule has 0 fully saturated rings. The van der Waals surface area contributed by atoms with Gasteiger partial charge in [0, 0.05) is 37.8 Å². The van der Waals surface area contributed by atoms with Crippen molar-refractivity contribution in [3.05, 3.63) is 59.6 Å². The molecule has 0 saturated heterocycles. The van der Waals surface area contributed by atoms with Gasteiger partial charge in [0.05, 0.1) is 17.8 Å². The first-order chi connectivity index (χ1) is 11.6. The summed E-state index contributed by atoms with van der Waals surface area (Å²) < 4.78 is 6.98. The molecule has 124 valence electrons. The van der Waals surface area contributed by atoms with Crippen LogP contribution in [0.5, 0.6) is 0 Å². The second kappa shape index (κ2) is 7.31. The molecule has 0 aliphatic carbocycles. The van der Waals surface area contributed by atoms with Crippen LogP contribution in [0.25, 0.3) is 11.3 Å². The standard InChI is InChI=1S/C17H17ClN4O2/c1-21(17(23)7-8-22-11-14(18)10-19-22)12-15-9-16(20-24-15)13-5-3-2-4-6-13/h2-6,9-11H,7-8,12H2,1H3. The number of hydrogen-bond donors (Lipinski definition) is 0. The van der Waals surface area contributed by atoms with Gasteiger partial charge in [-0.2, -0.15) is 5.10 Å². The molecule has 2 aromatic heterocycles. The van der Waals surface area contributed by atoms with Gasteiger partial charge in [-0.1, -0.05) is 47.1 Å². The predicted octanol–water partition coefficient (Wildman–Crippen LogP) is 3.24. The zero-order valence-corrected chi connectivity index (χ0v) is 14.0. The van der Waals surface area contributed by atoms with E-state index in [0.717, 1.165) is 11.3 Å². The number of amides is 1. The van der Waals surface area contributed by atoms with Crippen molar-refractivity contribution in [2.45, 2.75) is 19.5 Å². The molecule has 3 aromatic rings. The lowest BCUT2D eigenvalue weighted by atomic mass is 10.1. The Morgan fingerprint density at radius 2 is 2.12 bits per heavy atom. The first-order valence-electron chi connectivity index (χ1n) is 7.55. The third kappa shape index (κ3) is 4.02. The van der Waals surface area contributed by atoms with Crippen molar-refractivity contribution in [1.29, 1.82) is 0 Å². The second-order valence-electron chi connectivity index (χ2n) is 5.47. The molecule has 0 saturated carbocycles. The molecule has 0 unspecified atom stereocenters. The molecule has 0 aliphatic heterocycles. The van der Waals surface area contributed by atoms with Crippen molar-refractivity contribution in [2.24, 2.45) is 0 Å². The smallest absolute Gasteiger partial charge is 0.224 e. The van der Waals surface area contributed by atoms with Gasteiger partial charge in [0.2, 0.25) is 5.91 Å². The maximum Gasteiger partial charge on any atom is 0.224 e. The lowest BCUT2D eigenvalue weighted by Gasteiger charge is -2.15. The fourth-order valence-electron chi connectivity index (χ4n) is 2.32. The van der Waals surface area contributed by atoms with E-state index in [2.05, 4.69) is 10.3 Å². The Morgan fingerprint density at radius 1 is 1.33 bits per heavy atom. The zero-order valence-electron chi connectivity index (χ0n) is 13.2. The summed E-state index contributed by atoms with van der Waals surface area (Å²) in [5.41, 5.74) is 1.75. The Kier molecular flexibility index (Phi) is 4.96. The summed E-state index contributed by atoms with van der Waals surface area (Å²) >= 11 is 5.80. The first kappa shape index (κ1) is 16.3. The molecule has 1 amide bonds. The predicted molar refractivity (Wildman–Crippen MR) is 90.3 cm³/mol. The highest BCUT2D eigenvalue weighted by atomic mass is 35.5. The number of benzene rings is 1. The number of carbonyl (C=O) groups is 1. The topological polar surface area (TPSA) is 64.2 Å². The van der Waals surface area contributed by atoms with E-state index in [1.807, 2.05) is 36.4 Å². The number of aromatic nitrogens is 3. The number of nitrogens with zero attached hydrogens (tertiary/aromatic N) is 4. The Hall–Kier alpha value is -2.60. The second-order valence-corrected chi connectivity index (χ2v) is 5.90. The van der Waals surface area contributed by atoms with Crippen molar-refractivity contribution in [1.82, 2.24) is 19.8 Å². The molecule has 3 rings (SSSR count). The van der Waals surface area contributed by atoms with Gasteiger partial charge in [0.15, 0.2) is 5.76 Å². The summed E-state index contributed by atoms with van der Waals surface area (Å²) in [6.07, 6.45) is 3.58. The molecule has 0 N–H and O–H groups in total. The van der Waals surface area contributed by atoms with Crippen LogP contribution in [0.1, 0.15) is 12.2 Å².